The van der Waals surface area contributed by atoms with Gasteiger partial charge in [0.25, 0.3) is 0 Å². The first-order valence-electron chi connectivity index (χ1n) is 7.90. The van der Waals surface area contributed by atoms with Crippen LogP contribution in [-0.2, 0) is 6.42 Å². The van der Waals surface area contributed by atoms with Crippen LogP contribution < -0.4 is 0 Å². The average Bonchev–Trinajstić information content (AvgIpc) is 3.10. The fourth-order valence-electron chi connectivity index (χ4n) is 2.86. The van der Waals surface area contributed by atoms with Crippen molar-refractivity contribution in [2.24, 2.45) is 4.99 Å². The van der Waals surface area contributed by atoms with E-state index in [4.69, 9.17) is 9.98 Å². The third-order valence-corrected chi connectivity index (χ3v) is 4.11. The molecule has 0 fully saturated rings. The van der Waals surface area contributed by atoms with Gasteiger partial charge in [-0.25, -0.2) is 0 Å². The summed E-state index contributed by atoms with van der Waals surface area (Å²) < 4.78 is 0. The van der Waals surface area contributed by atoms with Gasteiger partial charge in [0, 0.05) is 41.2 Å². The predicted molar refractivity (Wildman–Crippen MR) is 94.3 cm³/mol. The molecule has 4 rings (SSSR count). The lowest BCUT2D eigenvalue weighted by Gasteiger charge is -2.03. The predicted octanol–water partition coefficient (Wildman–Crippen LogP) is 4.45. The summed E-state index contributed by atoms with van der Waals surface area (Å²) in [6, 6.07) is 16.5. The second-order valence-electron chi connectivity index (χ2n) is 5.70. The molecule has 0 bridgehead atoms. The number of allylic oxidation sites excluding steroid dienone is 1. The molecule has 1 aromatic carbocycles. The fraction of sp³-hybridized carbons (Fsp3) is 0.150. The number of rotatable bonds is 4. The van der Waals surface area contributed by atoms with Crippen LogP contribution in [0.15, 0.2) is 72.0 Å². The first-order valence-corrected chi connectivity index (χ1v) is 7.90. The van der Waals surface area contributed by atoms with E-state index in [1.54, 1.807) is 0 Å². The zero-order valence-corrected chi connectivity index (χ0v) is 12.8. The van der Waals surface area contributed by atoms with Crippen molar-refractivity contribution in [2.45, 2.75) is 19.3 Å². The van der Waals surface area contributed by atoms with Crippen LogP contribution in [0.2, 0.25) is 0 Å². The molecule has 3 heterocycles. The van der Waals surface area contributed by atoms with Crippen LogP contribution >= 0.6 is 0 Å². The maximum absolute atomic E-state index is 4.76. The second kappa shape index (κ2) is 6.13. The first kappa shape index (κ1) is 13.8. The molecule has 2 aromatic heterocycles. The molecule has 0 radical (unpaired) electrons. The molecule has 3 nitrogen and oxygen atoms in total. The van der Waals surface area contributed by atoms with Gasteiger partial charge in [-0.05, 0) is 37.1 Å². The van der Waals surface area contributed by atoms with Crippen molar-refractivity contribution in [3.63, 3.8) is 0 Å². The normalized spacial score (nSPS) is 13.9. The standard InChI is InChI=1S/C20H17N3/c1-2-4-19-15(3-1)5-6-17(22-19)7-8-18-9-10-20(23-18)16-11-13-21-14-12-16/h1-6,10-14H,7-9H2. The van der Waals surface area contributed by atoms with E-state index in [2.05, 4.69) is 35.3 Å². The van der Waals surface area contributed by atoms with Crippen molar-refractivity contribution in [2.75, 3.05) is 0 Å². The Labute approximate surface area is 135 Å². The van der Waals surface area contributed by atoms with Crippen LogP contribution in [0, 0.1) is 0 Å². The summed E-state index contributed by atoms with van der Waals surface area (Å²) in [6.07, 6.45) is 8.63. The lowest BCUT2D eigenvalue weighted by atomic mass is 10.1. The summed E-state index contributed by atoms with van der Waals surface area (Å²) in [5, 5.41) is 1.19. The number of para-hydroxylation sites is 1. The molecule has 0 atom stereocenters. The van der Waals surface area contributed by atoms with Crippen LogP contribution in [0.1, 0.15) is 24.1 Å². The number of benzene rings is 1. The second-order valence-corrected chi connectivity index (χ2v) is 5.70. The Hall–Kier alpha value is -2.81. The number of nitrogens with zero attached hydrogens (tertiary/aromatic N) is 3. The van der Waals surface area contributed by atoms with Gasteiger partial charge in [0.05, 0.1) is 11.2 Å². The zero-order valence-electron chi connectivity index (χ0n) is 12.8. The molecular formula is C20H17N3. The molecule has 0 N–H and O–H groups in total. The van der Waals surface area contributed by atoms with E-state index in [0.717, 1.165) is 41.7 Å². The van der Waals surface area contributed by atoms with Crippen molar-refractivity contribution in [1.82, 2.24) is 9.97 Å². The molecular weight excluding hydrogens is 282 g/mol. The molecule has 0 saturated heterocycles. The smallest absolute Gasteiger partial charge is 0.0705 e. The maximum atomic E-state index is 4.76. The lowest BCUT2D eigenvalue weighted by molar-refractivity contribution is 0.975. The van der Waals surface area contributed by atoms with E-state index in [1.807, 2.05) is 36.7 Å². The van der Waals surface area contributed by atoms with Crippen molar-refractivity contribution >= 4 is 22.3 Å². The van der Waals surface area contributed by atoms with Gasteiger partial charge in [-0.2, -0.15) is 0 Å². The number of hydrogen-bond donors (Lipinski definition) is 0. The topological polar surface area (TPSA) is 38.1 Å². The van der Waals surface area contributed by atoms with Gasteiger partial charge < -0.3 is 0 Å². The minimum Gasteiger partial charge on any atom is -0.265 e. The van der Waals surface area contributed by atoms with E-state index < -0.39 is 0 Å². The van der Waals surface area contributed by atoms with Crippen LogP contribution in [-0.4, -0.2) is 15.7 Å². The molecule has 3 aromatic rings. The van der Waals surface area contributed by atoms with Gasteiger partial charge in [-0.3, -0.25) is 15.0 Å². The van der Waals surface area contributed by atoms with E-state index in [0.29, 0.717) is 0 Å². The lowest BCUT2D eigenvalue weighted by Crippen LogP contribution is -1.98. The van der Waals surface area contributed by atoms with Crippen molar-refractivity contribution in [3.05, 3.63) is 78.3 Å². The van der Waals surface area contributed by atoms with Gasteiger partial charge in [-0.1, -0.05) is 30.3 Å². The number of aliphatic imine (C=N–C) groups is 1. The van der Waals surface area contributed by atoms with Crippen molar-refractivity contribution in [3.8, 4) is 0 Å². The quantitative estimate of drug-likeness (QED) is 0.714. The van der Waals surface area contributed by atoms with E-state index in [-0.39, 0.29) is 0 Å². The highest BCUT2D eigenvalue weighted by atomic mass is 14.8. The highest BCUT2D eigenvalue weighted by molar-refractivity contribution is 5.95. The van der Waals surface area contributed by atoms with Gasteiger partial charge in [0.15, 0.2) is 0 Å². The Kier molecular flexibility index (Phi) is 3.68. The number of aromatic nitrogens is 2. The van der Waals surface area contributed by atoms with Crippen LogP contribution in [0.3, 0.4) is 0 Å². The molecule has 3 heteroatoms. The van der Waals surface area contributed by atoms with Crippen molar-refractivity contribution in [1.29, 1.82) is 0 Å². The van der Waals surface area contributed by atoms with Crippen LogP contribution in [0.4, 0.5) is 0 Å². The third-order valence-electron chi connectivity index (χ3n) is 4.11. The highest BCUT2D eigenvalue weighted by Gasteiger charge is 2.10. The van der Waals surface area contributed by atoms with E-state index in [1.165, 1.54) is 11.1 Å². The van der Waals surface area contributed by atoms with Crippen LogP contribution in [0.5, 0.6) is 0 Å². The summed E-state index contributed by atoms with van der Waals surface area (Å²) in [5.74, 6) is 0. The molecule has 112 valence electrons. The molecule has 23 heavy (non-hydrogen) atoms. The molecule has 0 spiro atoms. The average molecular weight is 299 g/mol. The van der Waals surface area contributed by atoms with Gasteiger partial charge >= 0.3 is 0 Å². The molecule has 0 aliphatic carbocycles. The molecule has 0 amide bonds. The van der Waals surface area contributed by atoms with Crippen LogP contribution in [0.25, 0.3) is 16.6 Å². The zero-order chi connectivity index (χ0) is 15.5. The first-order chi connectivity index (χ1) is 11.4. The SMILES string of the molecule is C1=C(c2ccncc2)N=C(CCc2ccc3ccccc3n2)C1. The van der Waals surface area contributed by atoms with Crippen molar-refractivity contribution < 1.29 is 0 Å². The minimum absolute atomic E-state index is 0.932. The molecule has 0 unspecified atom stereocenters. The Bertz CT molecular complexity index is 895. The monoisotopic (exact) mass is 299 g/mol. The largest absolute Gasteiger partial charge is 0.265 e. The van der Waals surface area contributed by atoms with Gasteiger partial charge in [0.2, 0.25) is 0 Å². The summed E-state index contributed by atoms with van der Waals surface area (Å²) in [4.78, 5) is 13.5. The fourth-order valence-corrected chi connectivity index (χ4v) is 2.86. The molecule has 0 saturated carbocycles. The van der Waals surface area contributed by atoms with Gasteiger partial charge in [-0.15, -0.1) is 0 Å². The minimum atomic E-state index is 0.932. The molecule has 1 aliphatic rings. The summed E-state index contributed by atoms with van der Waals surface area (Å²) >= 11 is 0. The Balaban J connectivity index is 1.45. The summed E-state index contributed by atoms with van der Waals surface area (Å²) in [6.45, 7) is 0. The number of aryl methyl sites for hydroxylation is 1. The number of pyridine rings is 2. The Morgan fingerprint density at radius 1 is 0.870 bits per heavy atom. The number of hydrogen-bond acceptors (Lipinski definition) is 3. The summed E-state index contributed by atoms with van der Waals surface area (Å²) in [5.41, 5.74) is 5.62. The summed E-state index contributed by atoms with van der Waals surface area (Å²) in [7, 11) is 0. The third kappa shape index (κ3) is 3.04. The maximum Gasteiger partial charge on any atom is 0.0705 e. The molecule has 1 aliphatic heterocycles. The highest BCUT2D eigenvalue weighted by Crippen LogP contribution is 2.23. The van der Waals surface area contributed by atoms with E-state index in [9.17, 15) is 0 Å². The number of fused-ring (bicyclic) bond motifs is 1. The van der Waals surface area contributed by atoms with E-state index >= 15 is 0 Å². The Morgan fingerprint density at radius 2 is 1.74 bits per heavy atom. The van der Waals surface area contributed by atoms with Gasteiger partial charge in [0.1, 0.15) is 0 Å². The Morgan fingerprint density at radius 3 is 2.65 bits per heavy atom.